The van der Waals surface area contributed by atoms with Crippen molar-refractivity contribution in [3.63, 3.8) is 0 Å². The quantitative estimate of drug-likeness (QED) is 0.254. The van der Waals surface area contributed by atoms with Gasteiger partial charge in [0.15, 0.2) is 0 Å². The van der Waals surface area contributed by atoms with Crippen molar-refractivity contribution in [1.29, 1.82) is 0 Å². The standard InChI is InChI=1S/C25H42O4Si/c1-8-9-10-11-12-15-18-25(6,7)30(19(2)3,20(4)5)29-24(28)22-17-14-13-16-21(22)23(26)27/h13-14,16-17,19-20H,8-12,15,18H2,1-7H3,(H,26,27). The van der Waals surface area contributed by atoms with Crippen molar-refractivity contribution in [2.45, 2.75) is 110 Å². The van der Waals surface area contributed by atoms with Crippen molar-refractivity contribution in [2.75, 3.05) is 0 Å². The Hall–Kier alpha value is -1.62. The van der Waals surface area contributed by atoms with Crippen LogP contribution < -0.4 is 0 Å². The Balaban J connectivity index is 3.14. The lowest BCUT2D eigenvalue weighted by Gasteiger charge is -2.49. The average Bonchev–Trinajstić information content (AvgIpc) is 2.67. The first-order valence-electron chi connectivity index (χ1n) is 11.6. The Morgan fingerprint density at radius 1 is 0.933 bits per heavy atom. The molecule has 1 aromatic rings. The fraction of sp³-hybridized carbons (Fsp3) is 0.680. The molecular formula is C25H42O4Si. The Morgan fingerprint density at radius 3 is 1.93 bits per heavy atom. The molecule has 170 valence electrons. The molecule has 0 heterocycles. The molecule has 0 radical (unpaired) electrons. The summed E-state index contributed by atoms with van der Waals surface area (Å²) in [5, 5.41) is 9.40. The molecule has 0 bridgehead atoms. The molecule has 0 aliphatic rings. The fourth-order valence-corrected chi connectivity index (χ4v) is 11.4. The minimum absolute atomic E-state index is 0.00615. The van der Waals surface area contributed by atoms with Crippen molar-refractivity contribution < 1.29 is 19.1 Å². The van der Waals surface area contributed by atoms with Crippen LogP contribution in [0.25, 0.3) is 0 Å². The second kappa shape index (κ2) is 11.7. The van der Waals surface area contributed by atoms with E-state index in [-0.39, 0.29) is 27.2 Å². The van der Waals surface area contributed by atoms with Crippen LogP contribution in [0.5, 0.6) is 0 Å². The summed E-state index contributed by atoms with van der Waals surface area (Å²) in [7, 11) is -2.60. The Morgan fingerprint density at radius 2 is 1.43 bits per heavy atom. The minimum Gasteiger partial charge on any atom is -0.514 e. The van der Waals surface area contributed by atoms with E-state index in [1.165, 1.54) is 38.2 Å². The molecule has 0 aliphatic heterocycles. The van der Waals surface area contributed by atoms with Gasteiger partial charge in [-0.1, -0.05) is 99.1 Å². The van der Waals surface area contributed by atoms with E-state index in [9.17, 15) is 14.7 Å². The molecule has 4 nitrogen and oxygen atoms in total. The first-order chi connectivity index (χ1) is 14.0. The van der Waals surface area contributed by atoms with Gasteiger partial charge >= 0.3 is 11.9 Å². The summed E-state index contributed by atoms with van der Waals surface area (Å²) < 4.78 is 6.43. The number of carboxylic acid groups (broad SMARTS) is 1. The zero-order valence-corrected chi connectivity index (χ0v) is 21.1. The molecule has 0 unspecified atom stereocenters. The van der Waals surface area contributed by atoms with Crippen LogP contribution in [0.1, 0.15) is 114 Å². The number of aromatic carboxylic acids is 1. The lowest BCUT2D eigenvalue weighted by Crippen LogP contribution is -2.55. The first-order valence-corrected chi connectivity index (χ1v) is 13.6. The Labute approximate surface area is 184 Å². The normalized spacial score (nSPS) is 12.4. The van der Waals surface area contributed by atoms with Crippen LogP contribution in [0.3, 0.4) is 0 Å². The van der Waals surface area contributed by atoms with Crippen molar-refractivity contribution in [3.8, 4) is 0 Å². The highest BCUT2D eigenvalue weighted by Gasteiger charge is 2.56. The highest BCUT2D eigenvalue weighted by Crippen LogP contribution is 2.54. The van der Waals surface area contributed by atoms with Crippen LogP contribution in [0.4, 0.5) is 0 Å². The third kappa shape index (κ3) is 6.19. The monoisotopic (exact) mass is 434 g/mol. The summed E-state index contributed by atoms with van der Waals surface area (Å²) in [6.45, 7) is 15.4. The van der Waals surface area contributed by atoms with E-state index in [1.54, 1.807) is 18.2 Å². The van der Waals surface area contributed by atoms with Gasteiger partial charge in [-0.25, -0.2) is 9.59 Å². The second-order valence-electron chi connectivity index (χ2n) is 9.74. The first kappa shape index (κ1) is 26.4. The maximum atomic E-state index is 13.2. The van der Waals surface area contributed by atoms with Gasteiger partial charge < -0.3 is 9.53 Å². The van der Waals surface area contributed by atoms with E-state index in [2.05, 4.69) is 48.5 Å². The van der Waals surface area contributed by atoms with Crippen molar-refractivity contribution in [1.82, 2.24) is 0 Å². The molecule has 0 atom stereocenters. The summed E-state index contributed by atoms with van der Waals surface area (Å²) in [5.74, 6) is -1.59. The number of hydrogen-bond donors (Lipinski definition) is 1. The number of unbranched alkanes of at least 4 members (excludes halogenated alkanes) is 5. The molecule has 0 saturated carbocycles. The van der Waals surface area contributed by atoms with Crippen molar-refractivity contribution >= 4 is 20.3 Å². The lowest BCUT2D eigenvalue weighted by molar-refractivity contribution is 0.0651. The summed E-state index contributed by atoms with van der Waals surface area (Å²) in [4.78, 5) is 24.8. The summed E-state index contributed by atoms with van der Waals surface area (Å²) >= 11 is 0. The summed E-state index contributed by atoms with van der Waals surface area (Å²) in [6.07, 6.45) is 8.45. The molecule has 1 rings (SSSR count). The number of carbonyl (C=O) groups is 2. The second-order valence-corrected chi connectivity index (χ2v) is 15.2. The van der Waals surface area contributed by atoms with E-state index < -0.39 is 20.3 Å². The highest BCUT2D eigenvalue weighted by molar-refractivity contribution is 6.80. The molecule has 0 saturated heterocycles. The zero-order chi connectivity index (χ0) is 22.9. The van der Waals surface area contributed by atoms with Crippen LogP contribution in [-0.4, -0.2) is 25.4 Å². The molecule has 30 heavy (non-hydrogen) atoms. The van der Waals surface area contributed by atoms with Crippen LogP contribution >= 0.6 is 0 Å². The average molecular weight is 435 g/mol. The number of rotatable bonds is 13. The highest BCUT2D eigenvalue weighted by atomic mass is 28.4. The molecule has 5 heteroatoms. The van der Waals surface area contributed by atoms with Crippen molar-refractivity contribution in [2.24, 2.45) is 0 Å². The van der Waals surface area contributed by atoms with E-state index in [0.29, 0.717) is 0 Å². The fourth-order valence-electron chi connectivity index (χ4n) is 5.20. The number of hydrogen-bond acceptors (Lipinski definition) is 3. The van der Waals surface area contributed by atoms with Gasteiger partial charge in [-0.3, -0.25) is 0 Å². The molecule has 0 spiro atoms. The third-order valence-corrected chi connectivity index (χ3v) is 12.9. The predicted octanol–water partition coefficient (Wildman–Crippen LogP) is 7.84. The lowest BCUT2D eigenvalue weighted by atomic mass is 10.0. The minimum atomic E-state index is -2.60. The van der Waals surface area contributed by atoms with Gasteiger partial charge in [0, 0.05) is 0 Å². The predicted molar refractivity (Wildman–Crippen MR) is 127 cm³/mol. The van der Waals surface area contributed by atoms with Gasteiger partial charge in [-0.05, 0) is 34.7 Å². The van der Waals surface area contributed by atoms with E-state index in [0.717, 1.165) is 12.8 Å². The molecule has 0 fully saturated rings. The molecule has 1 N–H and O–H groups in total. The smallest absolute Gasteiger partial charge is 0.336 e. The van der Waals surface area contributed by atoms with Gasteiger partial charge in [-0.15, -0.1) is 0 Å². The Kier molecular flexibility index (Phi) is 10.3. The molecular weight excluding hydrogens is 392 g/mol. The Bertz CT molecular complexity index is 686. The summed E-state index contributed by atoms with van der Waals surface area (Å²) in [6, 6.07) is 6.36. The van der Waals surface area contributed by atoms with E-state index in [4.69, 9.17) is 4.43 Å². The van der Waals surface area contributed by atoms with Gasteiger partial charge in [0.05, 0.1) is 11.1 Å². The van der Waals surface area contributed by atoms with Crippen molar-refractivity contribution in [3.05, 3.63) is 35.4 Å². The molecule has 0 amide bonds. The van der Waals surface area contributed by atoms with Gasteiger partial charge in [-0.2, -0.15) is 0 Å². The van der Waals surface area contributed by atoms with Crippen LogP contribution in [0, 0.1) is 0 Å². The summed E-state index contributed by atoms with van der Waals surface area (Å²) in [5.41, 5.74) is 0.618. The SMILES string of the molecule is CCCCCCCCC(C)(C)[Si](OC(=O)c1ccccc1C(=O)O)(C(C)C)C(C)C. The number of carbonyl (C=O) groups excluding carboxylic acids is 1. The van der Waals surface area contributed by atoms with Crippen LogP contribution in [-0.2, 0) is 4.43 Å². The van der Waals surface area contributed by atoms with E-state index in [1.807, 2.05) is 0 Å². The zero-order valence-electron chi connectivity index (χ0n) is 20.1. The van der Waals surface area contributed by atoms with E-state index >= 15 is 0 Å². The number of carboxylic acids is 1. The van der Waals surface area contributed by atoms with Gasteiger partial charge in [0.1, 0.15) is 0 Å². The maximum absolute atomic E-state index is 13.2. The van der Waals surface area contributed by atoms with Gasteiger partial charge in [0.2, 0.25) is 0 Å². The molecule has 0 aliphatic carbocycles. The van der Waals surface area contributed by atoms with Crippen LogP contribution in [0.2, 0.25) is 16.1 Å². The number of benzene rings is 1. The maximum Gasteiger partial charge on any atom is 0.336 e. The molecule has 1 aromatic carbocycles. The van der Waals surface area contributed by atoms with Gasteiger partial charge in [0.25, 0.3) is 8.32 Å². The molecule has 0 aromatic heterocycles. The third-order valence-electron chi connectivity index (χ3n) is 6.57. The topological polar surface area (TPSA) is 63.6 Å². The van der Waals surface area contributed by atoms with Crippen LogP contribution in [0.15, 0.2) is 24.3 Å². The largest absolute Gasteiger partial charge is 0.514 e.